The molecule has 1 saturated heterocycles. The summed E-state index contributed by atoms with van der Waals surface area (Å²) in [7, 11) is 0. The van der Waals surface area contributed by atoms with Crippen LogP contribution in [0.1, 0.15) is 31.4 Å². The van der Waals surface area contributed by atoms with E-state index < -0.39 is 0 Å². The average molecular weight is 179 g/mol. The molecular weight excluding hydrogens is 166 g/mol. The Morgan fingerprint density at radius 2 is 2.54 bits per heavy atom. The summed E-state index contributed by atoms with van der Waals surface area (Å²) in [5.41, 5.74) is 1.12. The molecule has 0 spiro atoms. The van der Waals surface area contributed by atoms with Crippen molar-refractivity contribution in [2.75, 3.05) is 6.54 Å². The van der Waals surface area contributed by atoms with Crippen molar-refractivity contribution in [1.29, 1.82) is 0 Å². The molecule has 13 heavy (non-hydrogen) atoms. The second kappa shape index (κ2) is 3.24. The van der Waals surface area contributed by atoms with Crippen molar-refractivity contribution in [3.05, 3.63) is 24.2 Å². The van der Waals surface area contributed by atoms with Gasteiger partial charge in [0.1, 0.15) is 0 Å². The van der Waals surface area contributed by atoms with Crippen LogP contribution in [0.3, 0.4) is 0 Å². The molecule has 3 nitrogen and oxygen atoms in total. The van der Waals surface area contributed by atoms with Crippen LogP contribution in [-0.2, 0) is 4.79 Å². The normalized spacial score (nSPS) is 22.2. The molecule has 1 aromatic heterocycles. The molecule has 1 atom stereocenters. The summed E-state index contributed by atoms with van der Waals surface area (Å²) in [6.45, 7) is 2.50. The molecule has 2 rings (SSSR count). The number of carbonyl (C=O) groups is 1. The zero-order valence-corrected chi connectivity index (χ0v) is 7.69. The highest BCUT2D eigenvalue weighted by atomic mass is 16.3. The molecule has 0 saturated carbocycles. The highest BCUT2D eigenvalue weighted by Crippen LogP contribution is 2.31. The van der Waals surface area contributed by atoms with Crippen molar-refractivity contribution < 1.29 is 9.21 Å². The lowest BCUT2D eigenvalue weighted by molar-refractivity contribution is -0.129. The van der Waals surface area contributed by atoms with E-state index in [0.717, 1.165) is 24.9 Å². The first-order valence-electron chi connectivity index (χ1n) is 4.58. The third-order valence-corrected chi connectivity index (χ3v) is 2.59. The number of likely N-dealkylation sites (tertiary alicyclic amines) is 1. The highest BCUT2D eigenvalue weighted by molar-refractivity contribution is 5.74. The van der Waals surface area contributed by atoms with Crippen LogP contribution in [-0.4, -0.2) is 17.4 Å². The molecule has 1 aliphatic rings. The van der Waals surface area contributed by atoms with E-state index in [1.54, 1.807) is 19.5 Å². The van der Waals surface area contributed by atoms with Gasteiger partial charge in [-0.3, -0.25) is 4.79 Å². The standard InChI is InChI=1S/C10H13NO2/c1-8(12)11-5-2-3-10(11)9-4-6-13-7-9/h4,6-7,10H,2-3,5H2,1H3/t10-/m0/s1. The summed E-state index contributed by atoms with van der Waals surface area (Å²) in [4.78, 5) is 13.2. The van der Waals surface area contributed by atoms with Crippen LogP contribution < -0.4 is 0 Å². The van der Waals surface area contributed by atoms with Crippen LogP contribution in [0.25, 0.3) is 0 Å². The third-order valence-electron chi connectivity index (χ3n) is 2.59. The first-order valence-corrected chi connectivity index (χ1v) is 4.58. The van der Waals surface area contributed by atoms with Gasteiger partial charge < -0.3 is 9.32 Å². The van der Waals surface area contributed by atoms with Gasteiger partial charge in [-0.15, -0.1) is 0 Å². The fourth-order valence-corrected chi connectivity index (χ4v) is 1.95. The molecule has 70 valence electrons. The average Bonchev–Trinajstić information content (AvgIpc) is 2.74. The lowest BCUT2D eigenvalue weighted by Crippen LogP contribution is -2.27. The molecule has 3 heteroatoms. The van der Waals surface area contributed by atoms with Gasteiger partial charge in [-0.05, 0) is 18.9 Å². The summed E-state index contributed by atoms with van der Waals surface area (Å²) < 4.78 is 5.02. The number of hydrogen-bond acceptors (Lipinski definition) is 2. The Morgan fingerprint density at radius 1 is 1.69 bits per heavy atom. The van der Waals surface area contributed by atoms with E-state index in [-0.39, 0.29) is 11.9 Å². The summed E-state index contributed by atoms with van der Waals surface area (Å²) in [5, 5.41) is 0. The van der Waals surface area contributed by atoms with Gasteiger partial charge in [0.15, 0.2) is 0 Å². The van der Waals surface area contributed by atoms with E-state index >= 15 is 0 Å². The number of hydrogen-bond donors (Lipinski definition) is 0. The summed E-state index contributed by atoms with van der Waals surface area (Å²) in [6.07, 6.45) is 5.53. The van der Waals surface area contributed by atoms with Crippen LogP contribution in [0.15, 0.2) is 23.0 Å². The van der Waals surface area contributed by atoms with Crippen molar-refractivity contribution in [3.8, 4) is 0 Å². The second-order valence-electron chi connectivity index (χ2n) is 3.43. The van der Waals surface area contributed by atoms with Crippen LogP contribution in [0.5, 0.6) is 0 Å². The molecule has 2 heterocycles. The highest BCUT2D eigenvalue weighted by Gasteiger charge is 2.28. The van der Waals surface area contributed by atoms with E-state index in [2.05, 4.69) is 0 Å². The van der Waals surface area contributed by atoms with Crippen molar-refractivity contribution >= 4 is 5.91 Å². The summed E-state index contributed by atoms with van der Waals surface area (Å²) >= 11 is 0. The zero-order valence-electron chi connectivity index (χ0n) is 7.69. The first kappa shape index (κ1) is 8.35. The van der Waals surface area contributed by atoms with Crippen LogP contribution in [0.2, 0.25) is 0 Å². The van der Waals surface area contributed by atoms with Crippen molar-refractivity contribution in [3.63, 3.8) is 0 Å². The summed E-state index contributed by atoms with van der Waals surface area (Å²) in [5.74, 6) is 0.156. The first-order chi connectivity index (χ1) is 6.29. The monoisotopic (exact) mass is 179 g/mol. The largest absolute Gasteiger partial charge is 0.472 e. The molecule has 0 radical (unpaired) electrons. The van der Waals surface area contributed by atoms with Crippen LogP contribution >= 0.6 is 0 Å². The molecule has 1 amide bonds. The Morgan fingerprint density at radius 3 is 3.15 bits per heavy atom. The van der Waals surface area contributed by atoms with Crippen molar-refractivity contribution in [2.45, 2.75) is 25.8 Å². The van der Waals surface area contributed by atoms with E-state index in [0.29, 0.717) is 0 Å². The van der Waals surface area contributed by atoms with E-state index in [9.17, 15) is 4.79 Å². The molecule has 1 aromatic rings. The molecule has 1 fully saturated rings. The summed E-state index contributed by atoms with van der Waals surface area (Å²) in [6, 6.07) is 2.18. The fraction of sp³-hybridized carbons (Fsp3) is 0.500. The van der Waals surface area contributed by atoms with Gasteiger partial charge in [0.05, 0.1) is 18.6 Å². The molecule has 0 N–H and O–H groups in total. The van der Waals surface area contributed by atoms with Gasteiger partial charge in [0.25, 0.3) is 0 Å². The Kier molecular flexibility index (Phi) is 2.08. The lowest BCUT2D eigenvalue weighted by Gasteiger charge is -2.21. The maximum absolute atomic E-state index is 11.2. The van der Waals surface area contributed by atoms with Crippen LogP contribution in [0, 0.1) is 0 Å². The quantitative estimate of drug-likeness (QED) is 0.660. The minimum Gasteiger partial charge on any atom is -0.472 e. The Hall–Kier alpha value is -1.25. The van der Waals surface area contributed by atoms with E-state index in [4.69, 9.17) is 4.42 Å². The number of rotatable bonds is 1. The van der Waals surface area contributed by atoms with Gasteiger partial charge in [-0.25, -0.2) is 0 Å². The SMILES string of the molecule is CC(=O)N1CCC[C@H]1c1ccoc1. The number of furan rings is 1. The molecule has 0 bridgehead atoms. The molecular formula is C10H13NO2. The number of carbonyl (C=O) groups excluding carboxylic acids is 1. The number of nitrogens with zero attached hydrogens (tertiary/aromatic N) is 1. The Labute approximate surface area is 77.3 Å². The van der Waals surface area contributed by atoms with Crippen molar-refractivity contribution in [1.82, 2.24) is 4.90 Å². The maximum Gasteiger partial charge on any atom is 0.219 e. The fourth-order valence-electron chi connectivity index (χ4n) is 1.95. The van der Waals surface area contributed by atoms with E-state index in [1.807, 2.05) is 11.0 Å². The topological polar surface area (TPSA) is 33.5 Å². The third kappa shape index (κ3) is 1.46. The minimum absolute atomic E-state index is 0.156. The van der Waals surface area contributed by atoms with Gasteiger partial charge in [0.2, 0.25) is 5.91 Å². The molecule has 1 aliphatic heterocycles. The van der Waals surface area contributed by atoms with Crippen LogP contribution in [0.4, 0.5) is 0 Å². The van der Waals surface area contributed by atoms with Gasteiger partial charge in [-0.1, -0.05) is 0 Å². The zero-order chi connectivity index (χ0) is 9.26. The van der Waals surface area contributed by atoms with Gasteiger partial charge in [-0.2, -0.15) is 0 Å². The molecule has 0 aromatic carbocycles. The predicted octanol–water partition coefficient (Wildman–Crippen LogP) is 1.96. The Bertz CT molecular complexity index is 292. The van der Waals surface area contributed by atoms with Gasteiger partial charge >= 0.3 is 0 Å². The predicted molar refractivity (Wildman–Crippen MR) is 48.1 cm³/mol. The molecule has 0 unspecified atom stereocenters. The maximum atomic E-state index is 11.2. The van der Waals surface area contributed by atoms with Gasteiger partial charge in [0, 0.05) is 19.0 Å². The van der Waals surface area contributed by atoms with E-state index in [1.165, 1.54) is 0 Å². The second-order valence-corrected chi connectivity index (χ2v) is 3.43. The molecule has 0 aliphatic carbocycles. The smallest absolute Gasteiger partial charge is 0.219 e. The Balaban J connectivity index is 2.19. The van der Waals surface area contributed by atoms with Crippen molar-refractivity contribution in [2.24, 2.45) is 0 Å². The minimum atomic E-state index is 0.156. The lowest BCUT2D eigenvalue weighted by atomic mass is 10.1. The number of amides is 1.